The first-order valence-electron chi connectivity index (χ1n) is 4.88. The average molecular weight is 206 g/mol. The molecule has 3 nitrogen and oxygen atoms in total. The van der Waals surface area contributed by atoms with E-state index in [0.717, 1.165) is 6.42 Å². The molecule has 1 rings (SSSR count). The van der Waals surface area contributed by atoms with Gasteiger partial charge in [0.15, 0.2) is 0 Å². The highest BCUT2D eigenvalue weighted by atomic mass is 16.5. The van der Waals surface area contributed by atoms with Crippen molar-refractivity contribution in [3.63, 3.8) is 0 Å². The van der Waals surface area contributed by atoms with Crippen molar-refractivity contribution in [1.29, 1.82) is 0 Å². The van der Waals surface area contributed by atoms with Crippen molar-refractivity contribution >= 4 is 5.97 Å². The Morgan fingerprint density at radius 3 is 2.60 bits per heavy atom. The Balaban J connectivity index is 2.65. The zero-order chi connectivity index (χ0) is 11.1. The highest BCUT2D eigenvalue weighted by Crippen LogP contribution is 2.11. The Kier molecular flexibility index (Phi) is 4.41. The smallest absolute Gasteiger partial charge is 0.334 e. The van der Waals surface area contributed by atoms with Crippen LogP contribution in [0.5, 0.6) is 5.75 Å². The Hall–Kier alpha value is -1.77. The van der Waals surface area contributed by atoms with Gasteiger partial charge >= 0.3 is 5.97 Å². The van der Waals surface area contributed by atoms with Crippen LogP contribution in [0.1, 0.15) is 19.8 Å². The number of carbonyl (C=O) groups is 1. The molecule has 0 aromatic heterocycles. The summed E-state index contributed by atoms with van der Waals surface area (Å²) in [6.45, 7) is 1.93. The highest BCUT2D eigenvalue weighted by molar-refractivity contribution is 5.86. The molecule has 1 N–H and O–H groups in total. The molecule has 0 radical (unpaired) electrons. The van der Waals surface area contributed by atoms with E-state index in [0.29, 0.717) is 17.7 Å². The molecule has 0 bridgehead atoms. The number of rotatable bonds is 5. The molecule has 0 aliphatic heterocycles. The molecule has 0 saturated carbocycles. The van der Waals surface area contributed by atoms with Gasteiger partial charge < -0.3 is 9.84 Å². The molecule has 0 aliphatic rings. The van der Waals surface area contributed by atoms with E-state index in [9.17, 15) is 4.79 Å². The second kappa shape index (κ2) is 5.86. The molecule has 0 heterocycles. The predicted molar refractivity (Wildman–Crippen MR) is 57.7 cm³/mol. The largest absolute Gasteiger partial charge is 0.478 e. The van der Waals surface area contributed by atoms with Crippen LogP contribution in [0.25, 0.3) is 0 Å². The maximum absolute atomic E-state index is 10.8. The number of carboxylic acid groups (broad SMARTS) is 1. The van der Waals surface area contributed by atoms with Crippen LogP contribution in [-0.4, -0.2) is 11.1 Å². The van der Waals surface area contributed by atoms with Crippen molar-refractivity contribution in [3.05, 3.63) is 42.2 Å². The molecule has 80 valence electrons. The van der Waals surface area contributed by atoms with Gasteiger partial charge in [0, 0.05) is 0 Å². The van der Waals surface area contributed by atoms with Crippen LogP contribution in [0.2, 0.25) is 0 Å². The Bertz CT molecular complexity index is 341. The molecule has 15 heavy (non-hydrogen) atoms. The quantitative estimate of drug-likeness (QED) is 0.595. The third-order valence-corrected chi connectivity index (χ3v) is 1.87. The fraction of sp³-hybridized carbons (Fsp3) is 0.250. The summed E-state index contributed by atoms with van der Waals surface area (Å²) in [5.41, 5.74) is 0.293. The van der Waals surface area contributed by atoms with Crippen LogP contribution in [0.4, 0.5) is 0 Å². The molecule has 0 amide bonds. The first-order valence-corrected chi connectivity index (χ1v) is 4.88. The van der Waals surface area contributed by atoms with E-state index in [1.165, 1.54) is 6.26 Å². The monoisotopic (exact) mass is 206 g/mol. The van der Waals surface area contributed by atoms with Crippen molar-refractivity contribution in [2.75, 3.05) is 0 Å². The van der Waals surface area contributed by atoms with Crippen molar-refractivity contribution in [3.8, 4) is 5.75 Å². The minimum atomic E-state index is -0.923. The Morgan fingerprint density at radius 2 is 2.07 bits per heavy atom. The summed E-state index contributed by atoms with van der Waals surface area (Å²) in [6, 6.07) is 9.11. The first kappa shape index (κ1) is 11.3. The van der Waals surface area contributed by atoms with Crippen LogP contribution in [0, 0.1) is 0 Å². The van der Waals surface area contributed by atoms with Crippen LogP contribution < -0.4 is 4.74 Å². The van der Waals surface area contributed by atoms with Gasteiger partial charge in [-0.25, -0.2) is 4.79 Å². The van der Waals surface area contributed by atoms with E-state index in [4.69, 9.17) is 9.84 Å². The molecule has 0 fully saturated rings. The van der Waals surface area contributed by atoms with Crippen LogP contribution >= 0.6 is 0 Å². The van der Waals surface area contributed by atoms with Gasteiger partial charge in [-0.15, -0.1) is 0 Å². The number of aliphatic carboxylic acids is 1. The summed E-state index contributed by atoms with van der Waals surface area (Å²) in [7, 11) is 0. The number of ether oxygens (including phenoxy) is 1. The van der Waals surface area contributed by atoms with Crippen LogP contribution in [0.15, 0.2) is 42.2 Å². The van der Waals surface area contributed by atoms with Gasteiger partial charge in [-0.1, -0.05) is 31.5 Å². The van der Waals surface area contributed by atoms with E-state index in [-0.39, 0.29) is 0 Å². The van der Waals surface area contributed by atoms with Gasteiger partial charge in [0.05, 0.1) is 5.57 Å². The van der Waals surface area contributed by atoms with Gasteiger partial charge in [0.2, 0.25) is 0 Å². The minimum absolute atomic E-state index is 0.293. The van der Waals surface area contributed by atoms with Crippen molar-refractivity contribution in [1.82, 2.24) is 0 Å². The van der Waals surface area contributed by atoms with Gasteiger partial charge in [0.1, 0.15) is 12.0 Å². The fourth-order valence-corrected chi connectivity index (χ4v) is 1.12. The highest BCUT2D eigenvalue weighted by Gasteiger charge is 2.05. The standard InChI is InChI=1S/C12H14O3/c1-2-6-10(12(13)14)9-15-11-7-4-3-5-8-11/h3-5,7-9H,2,6H2,1H3,(H,13,14). The Morgan fingerprint density at radius 1 is 1.40 bits per heavy atom. The molecule has 0 unspecified atom stereocenters. The number of para-hydroxylation sites is 1. The number of benzene rings is 1. The lowest BCUT2D eigenvalue weighted by molar-refractivity contribution is -0.132. The van der Waals surface area contributed by atoms with Crippen LogP contribution in [0.3, 0.4) is 0 Å². The number of carboxylic acids is 1. The van der Waals surface area contributed by atoms with Crippen molar-refractivity contribution in [2.24, 2.45) is 0 Å². The van der Waals surface area contributed by atoms with Crippen molar-refractivity contribution in [2.45, 2.75) is 19.8 Å². The molecule has 0 aliphatic carbocycles. The maximum Gasteiger partial charge on any atom is 0.334 e. The lowest BCUT2D eigenvalue weighted by Gasteiger charge is -2.02. The van der Waals surface area contributed by atoms with Gasteiger partial charge in [-0.3, -0.25) is 0 Å². The zero-order valence-electron chi connectivity index (χ0n) is 8.64. The zero-order valence-corrected chi connectivity index (χ0v) is 8.64. The van der Waals surface area contributed by atoms with E-state index in [2.05, 4.69) is 0 Å². The summed E-state index contributed by atoms with van der Waals surface area (Å²) >= 11 is 0. The predicted octanol–water partition coefficient (Wildman–Crippen LogP) is 2.83. The van der Waals surface area contributed by atoms with Crippen molar-refractivity contribution < 1.29 is 14.6 Å². The lowest BCUT2D eigenvalue weighted by Crippen LogP contribution is -2.02. The second-order valence-corrected chi connectivity index (χ2v) is 3.13. The summed E-state index contributed by atoms with van der Waals surface area (Å²) < 4.78 is 5.24. The normalized spacial score (nSPS) is 11.1. The van der Waals surface area contributed by atoms with Crippen LogP contribution in [-0.2, 0) is 4.79 Å². The third kappa shape index (κ3) is 3.85. The second-order valence-electron chi connectivity index (χ2n) is 3.13. The molecule has 0 spiro atoms. The topological polar surface area (TPSA) is 46.5 Å². The lowest BCUT2D eigenvalue weighted by atomic mass is 10.2. The summed E-state index contributed by atoms with van der Waals surface area (Å²) in [5.74, 6) is -0.278. The molecular formula is C12H14O3. The van der Waals surface area contributed by atoms with E-state index < -0.39 is 5.97 Å². The summed E-state index contributed by atoms with van der Waals surface area (Å²) in [5, 5.41) is 8.83. The van der Waals surface area contributed by atoms with E-state index in [1.54, 1.807) is 12.1 Å². The molecule has 0 saturated heterocycles. The molecule has 0 atom stereocenters. The number of hydrogen-bond donors (Lipinski definition) is 1. The fourth-order valence-electron chi connectivity index (χ4n) is 1.12. The first-order chi connectivity index (χ1) is 7.24. The maximum atomic E-state index is 10.8. The minimum Gasteiger partial charge on any atom is -0.478 e. The SMILES string of the molecule is CCCC(=COc1ccccc1)C(=O)O. The molecule has 1 aromatic rings. The Labute approximate surface area is 89.0 Å². The van der Waals surface area contributed by atoms with E-state index >= 15 is 0 Å². The summed E-state index contributed by atoms with van der Waals surface area (Å²) in [6.07, 6.45) is 2.61. The van der Waals surface area contributed by atoms with Gasteiger partial charge in [-0.2, -0.15) is 0 Å². The molecule has 3 heteroatoms. The number of hydrogen-bond acceptors (Lipinski definition) is 2. The van der Waals surface area contributed by atoms with E-state index in [1.807, 2.05) is 25.1 Å². The summed E-state index contributed by atoms with van der Waals surface area (Å²) in [4.78, 5) is 10.8. The third-order valence-electron chi connectivity index (χ3n) is 1.87. The molecular weight excluding hydrogens is 192 g/mol. The molecule has 1 aromatic carbocycles. The average Bonchev–Trinajstić information content (AvgIpc) is 2.25. The van der Waals surface area contributed by atoms with Gasteiger partial charge in [-0.05, 0) is 18.6 Å². The van der Waals surface area contributed by atoms with Gasteiger partial charge in [0.25, 0.3) is 0 Å².